The summed E-state index contributed by atoms with van der Waals surface area (Å²) in [6, 6.07) is 6.90. The lowest BCUT2D eigenvalue weighted by Crippen LogP contribution is -2.54. The maximum absolute atomic E-state index is 14.2. The van der Waals surface area contributed by atoms with E-state index >= 15 is 0 Å². The van der Waals surface area contributed by atoms with Crippen molar-refractivity contribution in [2.45, 2.75) is 51.6 Å². The summed E-state index contributed by atoms with van der Waals surface area (Å²) < 4.78 is 14.2. The van der Waals surface area contributed by atoms with Crippen molar-refractivity contribution < 1.29 is 18.8 Å². The number of likely N-dealkylation sites (tertiary alicyclic amines) is 2. The van der Waals surface area contributed by atoms with Crippen molar-refractivity contribution in [1.29, 1.82) is 0 Å². The Labute approximate surface area is 200 Å². The van der Waals surface area contributed by atoms with Crippen LogP contribution in [0.4, 0.5) is 4.39 Å². The smallest absolute Gasteiger partial charge is 0.239 e. The first-order valence-electron chi connectivity index (χ1n) is 12.3. The van der Waals surface area contributed by atoms with Crippen LogP contribution >= 0.6 is 0 Å². The quantitative estimate of drug-likeness (QED) is 0.650. The van der Waals surface area contributed by atoms with Gasteiger partial charge in [-0.05, 0) is 44.1 Å². The van der Waals surface area contributed by atoms with Crippen LogP contribution in [0.15, 0.2) is 36.4 Å². The van der Waals surface area contributed by atoms with Gasteiger partial charge in [0.15, 0.2) is 0 Å². The molecule has 2 atom stereocenters. The van der Waals surface area contributed by atoms with E-state index in [1.165, 1.54) is 6.07 Å². The number of hydrogen-bond donors (Lipinski definition) is 2. The van der Waals surface area contributed by atoms with Crippen LogP contribution < -0.4 is 10.6 Å². The zero-order chi connectivity index (χ0) is 24.1. The van der Waals surface area contributed by atoms with E-state index in [9.17, 15) is 18.8 Å². The van der Waals surface area contributed by atoms with Crippen molar-refractivity contribution in [3.63, 3.8) is 0 Å². The predicted molar refractivity (Wildman–Crippen MR) is 127 cm³/mol. The number of nitrogens with one attached hydrogen (secondary N) is 2. The van der Waals surface area contributed by atoms with Crippen LogP contribution in [0, 0.1) is 17.2 Å². The van der Waals surface area contributed by atoms with Crippen LogP contribution in [0.2, 0.25) is 0 Å². The van der Waals surface area contributed by atoms with Crippen molar-refractivity contribution in [3.05, 3.63) is 47.8 Å². The standard InChI is InChI=1S/C26H35FN4O3/c1-19(32)31-14-11-26(12-15-31)10-5-4-7-21-18-30(17-20-6-2-3-8-22(20)27)13-9-23(21)29-24(33)16-28-25(26)34/h2-6,8,21,23H,7,9-18H2,1H3,(H,28,34)(H,29,33)/b5-4+/t21-,23+/m0/s1. The second-order valence-electron chi connectivity index (χ2n) is 9.93. The molecule has 3 heterocycles. The molecule has 3 amide bonds. The van der Waals surface area contributed by atoms with E-state index in [1.54, 1.807) is 17.9 Å². The van der Waals surface area contributed by atoms with Gasteiger partial charge in [-0.25, -0.2) is 4.39 Å². The van der Waals surface area contributed by atoms with Gasteiger partial charge in [-0.3, -0.25) is 19.3 Å². The van der Waals surface area contributed by atoms with Gasteiger partial charge in [-0.2, -0.15) is 0 Å². The molecule has 0 bridgehead atoms. The van der Waals surface area contributed by atoms with E-state index in [2.05, 4.69) is 27.7 Å². The fourth-order valence-corrected chi connectivity index (χ4v) is 5.51. The molecule has 8 heteroatoms. The number of carbonyl (C=O) groups excluding carboxylic acids is 3. The number of allylic oxidation sites excluding steroid dienone is 2. The Morgan fingerprint density at radius 3 is 2.65 bits per heavy atom. The molecule has 1 aromatic rings. The van der Waals surface area contributed by atoms with E-state index in [0.717, 1.165) is 25.9 Å². The number of halogens is 1. The van der Waals surface area contributed by atoms with E-state index in [1.807, 2.05) is 12.1 Å². The first kappa shape index (κ1) is 24.4. The van der Waals surface area contributed by atoms with Gasteiger partial charge in [0.2, 0.25) is 17.7 Å². The van der Waals surface area contributed by atoms with Crippen LogP contribution in [0.1, 0.15) is 44.6 Å². The number of benzene rings is 1. The second kappa shape index (κ2) is 10.7. The zero-order valence-electron chi connectivity index (χ0n) is 19.9. The Bertz CT molecular complexity index is 942. The summed E-state index contributed by atoms with van der Waals surface area (Å²) in [6.45, 7) is 4.73. The molecule has 4 rings (SSSR count). The van der Waals surface area contributed by atoms with E-state index in [4.69, 9.17) is 0 Å². The summed E-state index contributed by atoms with van der Waals surface area (Å²) in [5.74, 6) is -0.222. The molecule has 3 aliphatic rings. The molecule has 0 aliphatic carbocycles. The van der Waals surface area contributed by atoms with Crippen molar-refractivity contribution in [2.24, 2.45) is 11.3 Å². The lowest BCUT2D eigenvalue weighted by molar-refractivity contribution is -0.140. The Balaban J connectivity index is 1.45. The number of nitrogens with zero attached hydrogens (tertiary/aromatic N) is 2. The average Bonchev–Trinajstić information content (AvgIpc) is 2.82. The van der Waals surface area contributed by atoms with Gasteiger partial charge in [-0.15, -0.1) is 0 Å². The number of fused-ring (bicyclic) bond motifs is 1. The third kappa shape index (κ3) is 5.66. The van der Waals surface area contributed by atoms with Gasteiger partial charge in [0.05, 0.1) is 12.0 Å². The van der Waals surface area contributed by atoms with Gasteiger partial charge in [-0.1, -0.05) is 30.4 Å². The van der Waals surface area contributed by atoms with Gasteiger partial charge in [0, 0.05) is 51.3 Å². The third-order valence-corrected chi connectivity index (χ3v) is 7.69. The zero-order valence-corrected chi connectivity index (χ0v) is 19.9. The van der Waals surface area contributed by atoms with Gasteiger partial charge in [0.25, 0.3) is 0 Å². The summed E-state index contributed by atoms with van der Waals surface area (Å²) in [5, 5.41) is 5.98. The van der Waals surface area contributed by atoms with E-state index in [0.29, 0.717) is 44.5 Å². The molecule has 1 aromatic carbocycles. The van der Waals surface area contributed by atoms with Crippen molar-refractivity contribution in [3.8, 4) is 0 Å². The van der Waals surface area contributed by atoms with Crippen LogP contribution in [-0.2, 0) is 20.9 Å². The molecule has 3 aliphatic heterocycles. The topological polar surface area (TPSA) is 81.8 Å². The highest BCUT2D eigenvalue weighted by molar-refractivity contribution is 5.88. The monoisotopic (exact) mass is 470 g/mol. The first-order chi connectivity index (χ1) is 16.4. The molecule has 1 spiro atoms. The molecule has 2 fully saturated rings. The molecular formula is C26H35FN4O3. The highest BCUT2D eigenvalue weighted by Crippen LogP contribution is 2.36. The summed E-state index contributed by atoms with van der Waals surface area (Å²) in [7, 11) is 0. The number of carbonyl (C=O) groups is 3. The molecule has 34 heavy (non-hydrogen) atoms. The van der Waals surface area contributed by atoms with Crippen molar-refractivity contribution >= 4 is 17.7 Å². The minimum atomic E-state index is -0.592. The maximum Gasteiger partial charge on any atom is 0.239 e. The highest BCUT2D eigenvalue weighted by atomic mass is 19.1. The highest BCUT2D eigenvalue weighted by Gasteiger charge is 2.41. The Morgan fingerprint density at radius 1 is 1.15 bits per heavy atom. The van der Waals surface area contributed by atoms with E-state index < -0.39 is 5.41 Å². The van der Waals surface area contributed by atoms with Crippen molar-refractivity contribution in [1.82, 2.24) is 20.4 Å². The van der Waals surface area contributed by atoms with Crippen LogP contribution in [-0.4, -0.2) is 66.3 Å². The van der Waals surface area contributed by atoms with Crippen LogP contribution in [0.5, 0.6) is 0 Å². The van der Waals surface area contributed by atoms with Crippen molar-refractivity contribution in [2.75, 3.05) is 32.7 Å². The number of hydrogen-bond acceptors (Lipinski definition) is 4. The predicted octanol–water partition coefficient (Wildman–Crippen LogP) is 2.23. The number of amides is 3. The Morgan fingerprint density at radius 2 is 1.91 bits per heavy atom. The molecule has 0 aromatic heterocycles. The summed E-state index contributed by atoms with van der Waals surface area (Å²) in [5.41, 5.74) is 0.0975. The normalized spacial score (nSPS) is 27.1. The lowest BCUT2D eigenvalue weighted by atomic mass is 9.74. The summed E-state index contributed by atoms with van der Waals surface area (Å²) in [6.07, 6.45) is 7.58. The lowest BCUT2D eigenvalue weighted by Gasteiger charge is -2.41. The largest absolute Gasteiger partial charge is 0.351 e. The van der Waals surface area contributed by atoms with Gasteiger partial charge < -0.3 is 15.5 Å². The molecule has 0 unspecified atom stereocenters. The molecule has 184 valence electrons. The minimum absolute atomic E-state index is 0.0260. The fourth-order valence-electron chi connectivity index (χ4n) is 5.51. The molecule has 2 N–H and O–H groups in total. The number of piperidine rings is 2. The number of rotatable bonds is 2. The third-order valence-electron chi connectivity index (χ3n) is 7.69. The summed E-state index contributed by atoms with van der Waals surface area (Å²) >= 11 is 0. The minimum Gasteiger partial charge on any atom is -0.351 e. The van der Waals surface area contributed by atoms with Gasteiger partial charge in [0.1, 0.15) is 5.82 Å². The summed E-state index contributed by atoms with van der Waals surface area (Å²) in [4.78, 5) is 41.5. The molecule has 7 nitrogen and oxygen atoms in total. The van der Waals surface area contributed by atoms with Crippen LogP contribution in [0.25, 0.3) is 0 Å². The fraction of sp³-hybridized carbons (Fsp3) is 0.577. The van der Waals surface area contributed by atoms with E-state index in [-0.39, 0.29) is 42.0 Å². The molecular weight excluding hydrogens is 435 g/mol. The molecule has 2 saturated heterocycles. The maximum atomic E-state index is 14.2. The SMILES string of the molecule is CC(=O)N1CCC2(C/C=C/C[C@H]3CN(Cc4ccccc4F)CC[C@H]3NC(=O)CNC2=O)CC1. The Hall–Kier alpha value is -2.74. The molecule has 0 saturated carbocycles. The second-order valence-corrected chi connectivity index (χ2v) is 9.93. The average molecular weight is 471 g/mol. The first-order valence-corrected chi connectivity index (χ1v) is 12.3. The van der Waals surface area contributed by atoms with Crippen LogP contribution in [0.3, 0.4) is 0 Å². The van der Waals surface area contributed by atoms with Gasteiger partial charge >= 0.3 is 0 Å². The Kier molecular flexibility index (Phi) is 7.66. The molecule has 0 radical (unpaired) electrons.